The molecule has 0 aliphatic rings. The third-order valence-corrected chi connectivity index (χ3v) is 5.05. The van der Waals surface area contributed by atoms with E-state index in [1.807, 2.05) is 77.6 Å². The summed E-state index contributed by atoms with van der Waals surface area (Å²) >= 11 is 0. The molecule has 5 heteroatoms. The molecule has 0 radical (unpaired) electrons. The topological polar surface area (TPSA) is 56.1 Å². The Morgan fingerprint density at radius 3 is 2.32 bits per heavy atom. The number of hydrogen-bond donors (Lipinski definition) is 1. The summed E-state index contributed by atoms with van der Waals surface area (Å²) in [5, 5.41) is 7.22. The number of nitrogens with one attached hydrogen (secondary N) is 1. The van der Waals surface area contributed by atoms with Gasteiger partial charge in [-0.1, -0.05) is 72.8 Å². The van der Waals surface area contributed by atoms with E-state index in [-0.39, 0.29) is 12.5 Å². The van der Waals surface area contributed by atoms with Crippen molar-refractivity contribution in [1.82, 2.24) is 15.1 Å². The third-order valence-electron chi connectivity index (χ3n) is 5.05. The number of para-hydroxylation sites is 1. The van der Waals surface area contributed by atoms with Gasteiger partial charge >= 0.3 is 0 Å². The molecule has 4 aromatic rings. The van der Waals surface area contributed by atoms with E-state index in [0.29, 0.717) is 13.1 Å². The molecule has 3 aromatic carbocycles. The van der Waals surface area contributed by atoms with Gasteiger partial charge in [-0.3, -0.25) is 9.48 Å². The Bertz CT molecular complexity index is 1110. The van der Waals surface area contributed by atoms with Gasteiger partial charge in [0.2, 0.25) is 0 Å². The molecule has 0 aliphatic heterocycles. The molecule has 31 heavy (non-hydrogen) atoms. The van der Waals surface area contributed by atoms with E-state index in [1.54, 1.807) is 6.20 Å². The molecule has 0 atom stereocenters. The minimum absolute atomic E-state index is 0.0207. The molecule has 5 nitrogen and oxygen atoms in total. The number of amides is 1. The van der Waals surface area contributed by atoms with Gasteiger partial charge in [-0.2, -0.15) is 5.10 Å². The smallest absolute Gasteiger partial charge is 0.258 e. The highest BCUT2D eigenvalue weighted by molar-refractivity contribution is 5.77. The first kappa shape index (κ1) is 20.4. The fourth-order valence-corrected chi connectivity index (χ4v) is 3.45. The van der Waals surface area contributed by atoms with E-state index in [0.717, 1.165) is 28.9 Å². The monoisotopic (exact) mass is 411 g/mol. The summed E-state index contributed by atoms with van der Waals surface area (Å²) in [7, 11) is 0. The average Bonchev–Trinajstić information content (AvgIpc) is 3.32. The van der Waals surface area contributed by atoms with Gasteiger partial charge in [0.05, 0.1) is 6.54 Å². The second-order valence-corrected chi connectivity index (χ2v) is 7.31. The maximum atomic E-state index is 12.4. The molecule has 0 fully saturated rings. The highest BCUT2D eigenvalue weighted by Crippen LogP contribution is 2.21. The van der Waals surface area contributed by atoms with Crippen LogP contribution in [0.3, 0.4) is 0 Å². The number of carbonyl (C=O) groups is 1. The van der Waals surface area contributed by atoms with Crippen molar-refractivity contribution in [3.63, 3.8) is 0 Å². The Kier molecular flexibility index (Phi) is 6.75. The summed E-state index contributed by atoms with van der Waals surface area (Å²) in [4.78, 5) is 12.4. The van der Waals surface area contributed by atoms with Crippen LogP contribution in [0.25, 0.3) is 0 Å². The second kappa shape index (κ2) is 10.3. The Labute approximate surface area is 182 Å². The van der Waals surface area contributed by atoms with Crippen molar-refractivity contribution < 1.29 is 9.53 Å². The van der Waals surface area contributed by atoms with Gasteiger partial charge in [-0.15, -0.1) is 0 Å². The van der Waals surface area contributed by atoms with Gasteiger partial charge in [0.25, 0.3) is 5.91 Å². The zero-order valence-corrected chi connectivity index (χ0v) is 17.3. The number of nitrogens with zero attached hydrogens (tertiary/aromatic N) is 2. The molecule has 0 aliphatic carbocycles. The lowest BCUT2D eigenvalue weighted by Crippen LogP contribution is -2.29. The van der Waals surface area contributed by atoms with Crippen molar-refractivity contribution in [1.29, 1.82) is 0 Å². The lowest BCUT2D eigenvalue weighted by molar-refractivity contribution is -0.123. The molecule has 1 heterocycles. The fourth-order valence-electron chi connectivity index (χ4n) is 3.45. The van der Waals surface area contributed by atoms with Gasteiger partial charge in [0.1, 0.15) is 5.75 Å². The maximum Gasteiger partial charge on any atom is 0.258 e. The largest absolute Gasteiger partial charge is 0.483 e. The minimum Gasteiger partial charge on any atom is -0.483 e. The van der Waals surface area contributed by atoms with Crippen LogP contribution in [0.5, 0.6) is 5.75 Å². The number of aromatic nitrogens is 2. The van der Waals surface area contributed by atoms with E-state index in [2.05, 4.69) is 28.6 Å². The zero-order chi connectivity index (χ0) is 21.3. The van der Waals surface area contributed by atoms with E-state index >= 15 is 0 Å². The summed E-state index contributed by atoms with van der Waals surface area (Å²) in [5.41, 5.74) is 4.46. The quantitative estimate of drug-likeness (QED) is 0.449. The molecule has 1 amide bonds. The number of rotatable bonds is 9. The lowest BCUT2D eigenvalue weighted by Gasteiger charge is -2.13. The van der Waals surface area contributed by atoms with Gasteiger partial charge in [-0.05, 0) is 34.4 Å². The highest BCUT2D eigenvalue weighted by atomic mass is 16.5. The normalized spacial score (nSPS) is 10.6. The third kappa shape index (κ3) is 5.82. The maximum absolute atomic E-state index is 12.4. The van der Waals surface area contributed by atoms with Gasteiger partial charge in [0.15, 0.2) is 6.61 Å². The lowest BCUT2D eigenvalue weighted by atomic mass is 10.0. The van der Waals surface area contributed by atoms with Crippen LogP contribution in [0.4, 0.5) is 0 Å². The predicted octanol–water partition coefficient (Wildman–Crippen LogP) is 4.22. The van der Waals surface area contributed by atoms with Gasteiger partial charge in [0, 0.05) is 25.4 Å². The first-order valence-corrected chi connectivity index (χ1v) is 10.3. The Hall–Kier alpha value is -3.86. The van der Waals surface area contributed by atoms with Crippen LogP contribution in [0, 0.1) is 0 Å². The van der Waals surface area contributed by atoms with Crippen LogP contribution in [0.15, 0.2) is 97.3 Å². The summed E-state index contributed by atoms with van der Waals surface area (Å²) in [6.07, 6.45) is 4.45. The molecular weight excluding hydrogens is 386 g/mol. The van der Waals surface area contributed by atoms with Crippen molar-refractivity contribution in [2.75, 3.05) is 6.61 Å². The number of benzene rings is 3. The molecule has 0 unspecified atom stereocenters. The average molecular weight is 412 g/mol. The molecule has 1 aromatic heterocycles. The Morgan fingerprint density at radius 1 is 0.839 bits per heavy atom. The van der Waals surface area contributed by atoms with Gasteiger partial charge in [-0.25, -0.2) is 0 Å². The standard InChI is InChI=1S/C26H25N3O2/c30-26(27-18-23-12-4-5-13-24(23)19-29-16-8-15-28-29)20-31-25-14-7-6-11-22(25)17-21-9-2-1-3-10-21/h1-16H,17-20H2,(H,27,30). The predicted molar refractivity (Wildman–Crippen MR) is 121 cm³/mol. The van der Waals surface area contributed by atoms with Crippen LogP contribution >= 0.6 is 0 Å². The molecule has 4 rings (SSSR count). The first-order chi connectivity index (χ1) is 15.3. The number of carbonyl (C=O) groups excluding carboxylic acids is 1. The second-order valence-electron chi connectivity index (χ2n) is 7.31. The van der Waals surface area contributed by atoms with Crippen LogP contribution in [-0.4, -0.2) is 22.3 Å². The summed E-state index contributed by atoms with van der Waals surface area (Å²) < 4.78 is 7.72. The molecule has 1 N–H and O–H groups in total. The summed E-state index contributed by atoms with van der Waals surface area (Å²) in [6, 6.07) is 28.0. The van der Waals surface area contributed by atoms with Gasteiger partial charge < -0.3 is 10.1 Å². The van der Waals surface area contributed by atoms with E-state index in [4.69, 9.17) is 4.74 Å². The number of hydrogen-bond acceptors (Lipinski definition) is 3. The minimum atomic E-state index is -0.150. The molecule has 0 saturated heterocycles. The SMILES string of the molecule is O=C(COc1ccccc1Cc1ccccc1)NCc1ccccc1Cn1cccn1. The summed E-state index contributed by atoms with van der Waals surface area (Å²) in [5.74, 6) is 0.587. The number of ether oxygens (including phenoxy) is 1. The Morgan fingerprint density at radius 2 is 1.55 bits per heavy atom. The zero-order valence-electron chi connectivity index (χ0n) is 17.3. The Balaban J connectivity index is 1.33. The van der Waals surface area contributed by atoms with E-state index in [1.165, 1.54) is 5.56 Å². The molecular formula is C26H25N3O2. The van der Waals surface area contributed by atoms with Crippen molar-refractivity contribution in [2.45, 2.75) is 19.5 Å². The molecule has 0 saturated carbocycles. The van der Waals surface area contributed by atoms with Crippen LogP contribution in [0.1, 0.15) is 22.3 Å². The van der Waals surface area contributed by atoms with Crippen molar-refractivity contribution in [3.8, 4) is 5.75 Å². The molecule has 156 valence electrons. The highest BCUT2D eigenvalue weighted by Gasteiger charge is 2.09. The molecule has 0 spiro atoms. The van der Waals surface area contributed by atoms with Crippen molar-refractivity contribution in [2.24, 2.45) is 0 Å². The van der Waals surface area contributed by atoms with Crippen LogP contribution < -0.4 is 10.1 Å². The van der Waals surface area contributed by atoms with Crippen LogP contribution in [0.2, 0.25) is 0 Å². The van der Waals surface area contributed by atoms with Crippen molar-refractivity contribution in [3.05, 3.63) is 120 Å². The van der Waals surface area contributed by atoms with Crippen molar-refractivity contribution >= 4 is 5.91 Å². The molecule has 0 bridgehead atoms. The van der Waals surface area contributed by atoms with Crippen LogP contribution in [-0.2, 0) is 24.3 Å². The fraction of sp³-hybridized carbons (Fsp3) is 0.154. The van der Waals surface area contributed by atoms with E-state index < -0.39 is 0 Å². The summed E-state index contributed by atoms with van der Waals surface area (Å²) in [6.45, 7) is 1.10. The van der Waals surface area contributed by atoms with E-state index in [9.17, 15) is 4.79 Å². The first-order valence-electron chi connectivity index (χ1n) is 10.3.